The SMILES string of the molecule is CC(=O)OC1Cc2c(cc3oc(C)cc(=O)c3c2O)OC1(C)C. The number of ether oxygens (including phenoxy) is 2. The normalized spacial score (nSPS) is 19.0. The van der Waals surface area contributed by atoms with Gasteiger partial charge in [-0.2, -0.15) is 0 Å². The summed E-state index contributed by atoms with van der Waals surface area (Å²) in [7, 11) is 0. The summed E-state index contributed by atoms with van der Waals surface area (Å²) < 4.78 is 16.7. The van der Waals surface area contributed by atoms with Crippen LogP contribution in [-0.4, -0.2) is 22.8 Å². The second-order valence-electron chi connectivity index (χ2n) is 6.30. The Bertz CT molecular complexity index is 861. The molecule has 0 aliphatic carbocycles. The maximum atomic E-state index is 12.1. The smallest absolute Gasteiger partial charge is 0.303 e. The van der Waals surface area contributed by atoms with Crippen LogP contribution in [-0.2, 0) is 16.0 Å². The van der Waals surface area contributed by atoms with Crippen LogP contribution < -0.4 is 10.2 Å². The van der Waals surface area contributed by atoms with E-state index in [4.69, 9.17) is 13.9 Å². The molecule has 0 spiro atoms. The fourth-order valence-electron chi connectivity index (χ4n) is 2.89. The number of aromatic hydroxyl groups is 1. The van der Waals surface area contributed by atoms with Crippen LogP contribution in [0.3, 0.4) is 0 Å². The van der Waals surface area contributed by atoms with Crippen LogP contribution in [0.1, 0.15) is 32.1 Å². The summed E-state index contributed by atoms with van der Waals surface area (Å²) in [4.78, 5) is 23.4. The molecule has 1 N–H and O–H groups in total. The molecular formula is C17H18O6. The largest absolute Gasteiger partial charge is 0.507 e. The predicted octanol–water partition coefficient (Wildman–Crippen LogP) is 2.45. The van der Waals surface area contributed by atoms with Crippen molar-refractivity contribution >= 4 is 16.9 Å². The van der Waals surface area contributed by atoms with Gasteiger partial charge < -0.3 is 19.0 Å². The minimum absolute atomic E-state index is 0.110. The number of aryl methyl sites for hydroxylation is 1. The third-order valence-corrected chi connectivity index (χ3v) is 4.03. The van der Waals surface area contributed by atoms with Crippen molar-refractivity contribution < 1.29 is 23.8 Å². The van der Waals surface area contributed by atoms with E-state index in [1.807, 2.05) is 0 Å². The number of carbonyl (C=O) groups is 1. The first-order valence-corrected chi connectivity index (χ1v) is 7.34. The fourth-order valence-corrected chi connectivity index (χ4v) is 2.89. The second-order valence-corrected chi connectivity index (χ2v) is 6.30. The predicted molar refractivity (Wildman–Crippen MR) is 82.9 cm³/mol. The molecule has 1 aliphatic heterocycles. The molecule has 2 heterocycles. The molecule has 6 heteroatoms. The van der Waals surface area contributed by atoms with Crippen LogP contribution >= 0.6 is 0 Å². The van der Waals surface area contributed by atoms with E-state index in [1.54, 1.807) is 26.8 Å². The first kappa shape index (κ1) is 15.4. The number of phenols is 1. The highest BCUT2D eigenvalue weighted by Gasteiger charge is 2.41. The van der Waals surface area contributed by atoms with Crippen LogP contribution in [0, 0.1) is 6.92 Å². The minimum atomic E-state index is -0.761. The van der Waals surface area contributed by atoms with Crippen molar-refractivity contribution in [3.05, 3.63) is 33.7 Å². The zero-order valence-corrected chi connectivity index (χ0v) is 13.4. The molecule has 1 atom stereocenters. The first-order chi connectivity index (χ1) is 10.7. The number of esters is 1. The lowest BCUT2D eigenvalue weighted by atomic mass is 9.89. The number of benzene rings is 1. The molecule has 0 saturated heterocycles. The lowest BCUT2D eigenvalue weighted by Gasteiger charge is -2.39. The van der Waals surface area contributed by atoms with Crippen molar-refractivity contribution in [2.45, 2.75) is 45.8 Å². The van der Waals surface area contributed by atoms with Gasteiger partial charge in [0.25, 0.3) is 0 Å². The summed E-state index contributed by atoms with van der Waals surface area (Å²) in [6, 6.07) is 2.93. The van der Waals surface area contributed by atoms with E-state index in [1.165, 1.54) is 13.0 Å². The highest BCUT2D eigenvalue weighted by molar-refractivity contribution is 5.87. The molecule has 122 valence electrons. The summed E-state index contributed by atoms with van der Waals surface area (Å²) in [5, 5.41) is 10.6. The Kier molecular flexibility index (Phi) is 3.35. The Morgan fingerprint density at radius 2 is 2.09 bits per heavy atom. The summed E-state index contributed by atoms with van der Waals surface area (Å²) in [5.41, 5.74) is -0.367. The van der Waals surface area contributed by atoms with Gasteiger partial charge in [0, 0.05) is 31.0 Å². The average molecular weight is 318 g/mol. The molecule has 2 aromatic rings. The fraction of sp³-hybridized carbons (Fsp3) is 0.412. The van der Waals surface area contributed by atoms with E-state index >= 15 is 0 Å². The number of carbonyl (C=O) groups excluding carboxylic acids is 1. The highest BCUT2D eigenvalue weighted by Crippen LogP contribution is 2.42. The minimum Gasteiger partial charge on any atom is -0.507 e. The van der Waals surface area contributed by atoms with Crippen molar-refractivity contribution in [3.63, 3.8) is 0 Å². The van der Waals surface area contributed by atoms with Crippen LogP contribution in [0.5, 0.6) is 11.5 Å². The van der Waals surface area contributed by atoms with Gasteiger partial charge in [-0.3, -0.25) is 9.59 Å². The van der Waals surface area contributed by atoms with Gasteiger partial charge in [-0.1, -0.05) is 0 Å². The monoisotopic (exact) mass is 318 g/mol. The Labute approximate surface area is 132 Å². The van der Waals surface area contributed by atoms with Crippen molar-refractivity contribution in [1.29, 1.82) is 0 Å². The van der Waals surface area contributed by atoms with Gasteiger partial charge in [-0.25, -0.2) is 0 Å². The van der Waals surface area contributed by atoms with Gasteiger partial charge in [0.1, 0.15) is 39.9 Å². The van der Waals surface area contributed by atoms with Crippen LogP contribution in [0.15, 0.2) is 21.3 Å². The lowest BCUT2D eigenvalue weighted by Crippen LogP contribution is -2.48. The van der Waals surface area contributed by atoms with E-state index < -0.39 is 17.7 Å². The number of rotatable bonds is 1. The zero-order valence-electron chi connectivity index (χ0n) is 13.4. The number of fused-ring (bicyclic) bond motifs is 2. The number of hydrogen-bond acceptors (Lipinski definition) is 6. The van der Waals surface area contributed by atoms with E-state index in [-0.39, 0.29) is 28.6 Å². The number of hydrogen-bond donors (Lipinski definition) is 1. The summed E-state index contributed by atoms with van der Waals surface area (Å²) in [6.07, 6.45) is -0.301. The lowest BCUT2D eigenvalue weighted by molar-refractivity contribution is -0.158. The van der Waals surface area contributed by atoms with Gasteiger partial charge in [0.05, 0.1) is 0 Å². The topological polar surface area (TPSA) is 86.0 Å². The van der Waals surface area contributed by atoms with Gasteiger partial charge in [0.2, 0.25) is 0 Å². The molecule has 1 aromatic heterocycles. The summed E-state index contributed by atoms with van der Waals surface area (Å²) in [5.74, 6) is 0.274. The number of phenolic OH excluding ortho intramolecular Hbond substituents is 1. The highest BCUT2D eigenvalue weighted by atomic mass is 16.6. The molecule has 23 heavy (non-hydrogen) atoms. The maximum Gasteiger partial charge on any atom is 0.303 e. The molecule has 0 fully saturated rings. The van der Waals surface area contributed by atoms with Gasteiger partial charge in [-0.05, 0) is 20.8 Å². The maximum absolute atomic E-state index is 12.1. The molecule has 1 aliphatic rings. The van der Waals surface area contributed by atoms with Gasteiger partial charge >= 0.3 is 5.97 Å². The van der Waals surface area contributed by atoms with E-state index in [2.05, 4.69) is 0 Å². The molecule has 1 unspecified atom stereocenters. The molecule has 0 saturated carbocycles. The first-order valence-electron chi connectivity index (χ1n) is 7.34. The average Bonchev–Trinajstić information content (AvgIpc) is 2.38. The van der Waals surface area contributed by atoms with E-state index in [0.717, 1.165) is 0 Å². The summed E-state index contributed by atoms with van der Waals surface area (Å²) in [6.45, 7) is 6.59. The van der Waals surface area contributed by atoms with Crippen LogP contribution in [0.25, 0.3) is 11.0 Å². The molecule has 3 rings (SSSR count). The zero-order chi connectivity index (χ0) is 16.9. The van der Waals surface area contributed by atoms with Gasteiger partial charge in [-0.15, -0.1) is 0 Å². The molecular weight excluding hydrogens is 300 g/mol. The third kappa shape index (κ3) is 2.54. The third-order valence-electron chi connectivity index (χ3n) is 4.03. The molecule has 0 amide bonds. The standard InChI is InChI=1S/C17H18O6/c1-8-5-11(19)15-13(21-8)7-12-10(16(15)20)6-14(22-9(2)18)17(3,4)23-12/h5,7,14,20H,6H2,1-4H3. The Morgan fingerprint density at radius 3 is 2.74 bits per heavy atom. The van der Waals surface area contributed by atoms with Crippen LogP contribution in [0.2, 0.25) is 0 Å². The molecule has 1 aromatic carbocycles. The van der Waals surface area contributed by atoms with Crippen molar-refractivity contribution in [3.8, 4) is 11.5 Å². The second kappa shape index (κ2) is 5.01. The molecule has 0 radical (unpaired) electrons. The van der Waals surface area contributed by atoms with E-state index in [9.17, 15) is 14.7 Å². The van der Waals surface area contributed by atoms with Crippen molar-refractivity contribution in [2.24, 2.45) is 0 Å². The molecule has 6 nitrogen and oxygen atoms in total. The Balaban J connectivity index is 2.21. The van der Waals surface area contributed by atoms with Crippen molar-refractivity contribution in [1.82, 2.24) is 0 Å². The quantitative estimate of drug-likeness (QED) is 0.813. The summed E-state index contributed by atoms with van der Waals surface area (Å²) >= 11 is 0. The molecule has 0 bridgehead atoms. The Morgan fingerprint density at radius 1 is 1.39 bits per heavy atom. The van der Waals surface area contributed by atoms with Crippen LogP contribution in [0.4, 0.5) is 0 Å². The van der Waals surface area contributed by atoms with Gasteiger partial charge in [0.15, 0.2) is 5.43 Å². The Hall–Kier alpha value is -2.50. The van der Waals surface area contributed by atoms with E-state index in [0.29, 0.717) is 17.1 Å². The van der Waals surface area contributed by atoms with Crippen molar-refractivity contribution in [2.75, 3.05) is 0 Å².